The fraction of sp³-hybridized carbons (Fsp3) is 0.308. The fourth-order valence-electron chi connectivity index (χ4n) is 3.98. The highest BCUT2D eigenvalue weighted by molar-refractivity contribution is 5.48. The summed E-state index contributed by atoms with van der Waals surface area (Å²) in [6, 6.07) is 20.5. The summed E-state index contributed by atoms with van der Waals surface area (Å²) < 4.78 is 22.5. The highest BCUT2D eigenvalue weighted by atomic mass is 16.5. The second-order valence-corrected chi connectivity index (χ2v) is 7.73. The maximum atomic E-state index is 6.09. The van der Waals surface area contributed by atoms with Gasteiger partial charge in [0.05, 0.1) is 21.3 Å². The Labute approximate surface area is 184 Å². The summed E-state index contributed by atoms with van der Waals surface area (Å²) in [5.74, 6) is 3.21. The normalized spacial score (nSPS) is 13.4. The summed E-state index contributed by atoms with van der Waals surface area (Å²) in [4.78, 5) is 2.43. The fourth-order valence-corrected chi connectivity index (χ4v) is 3.98. The van der Waals surface area contributed by atoms with Gasteiger partial charge >= 0.3 is 0 Å². The minimum atomic E-state index is 0.528. The molecule has 0 spiro atoms. The van der Waals surface area contributed by atoms with E-state index in [1.165, 1.54) is 16.7 Å². The van der Waals surface area contributed by atoms with Crippen molar-refractivity contribution >= 4 is 0 Å². The third-order valence-corrected chi connectivity index (χ3v) is 5.63. The predicted octanol–water partition coefficient (Wildman–Crippen LogP) is 4.85. The summed E-state index contributed by atoms with van der Waals surface area (Å²) in [5.41, 5.74) is 4.92. The molecule has 0 atom stereocenters. The first-order chi connectivity index (χ1) is 15.2. The number of methoxy groups -OCH3 is 3. The van der Waals surface area contributed by atoms with Crippen molar-refractivity contribution in [2.45, 2.75) is 26.1 Å². The number of hydrogen-bond donors (Lipinski definition) is 0. The number of fused-ring (bicyclic) bond motifs is 1. The molecule has 5 nitrogen and oxygen atoms in total. The van der Waals surface area contributed by atoms with Gasteiger partial charge in [0.15, 0.2) is 11.5 Å². The maximum absolute atomic E-state index is 6.09. The van der Waals surface area contributed by atoms with Gasteiger partial charge in [0.1, 0.15) is 18.1 Å². The molecule has 4 rings (SSSR count). The average molecular weight is 420 g/mol. The number of rotatable bonds is 8. The van der Waals surface area contributed by atoms with Crippen molar-refractivity contribution in [1.29, 1.82) is 0 Å². The minimum Gasteiger partial charge on any atom is -0.497 e. The molecule has 0 fully saturated rings. The zero-order valence-electron chi connectivity index (χ0n) is 18.4. The van der Waals surface area contributed by atoms with Crippen LogP contribution in [0.25, 0.3) is 0 Å². The quantitative estimate of drug-likeness (QED) is 0.522. The smallest absolute Gasteiger partial charge is 0.161 e. The monoisotopic (exact) mass is 419 g/mol. The van der Waals surface area contributed by atoms with Gasteiger partial charge in [-0.25, -0.2) is 0 Å². The number of hydrogen-bond acceptors (Lipinski definition) is 5. The van der Waals surface area contributed by atoms with Crippen molar-refractivity contribution in [2.24, 2.45) is 0 Å². The van der Waals surface area contributed by atoms with E-state index < -0.39 is 0 Å². The maximum Gasteiger partial charge on any atom is 0.161 e. The lowest BCUT2D eigenvalue weighted by Crippen LogP contribution is -2.30. The first kappa shape index (κ1) is 21.1. The summed E-state index contributed by atoms with van der Waals surface area (Å²) in [7, 11) is 5.05. The van der Waals surface area contributed by atoms with Crippen molar-refractivity contribution in [2.75, 3.05) is 27.9 Å². The van der Waals surface area contributed by atoms with Crippen molar-refractivity contribution < 1.29 is 18.9 Å². The van der Waals surface area contributed by atoms with E-state index in [1.807, 2.05) is 24.3 Å². The molecule has 0 saturated carbocycles. The molecule has 3 aromatic carbocycles. The van der Waals surface area contributed by atoms with Gasteiger partial charge in [-0.2, -0.15) is 0 Å². The third-order valence-electron chi connectivity index (χ3n) is 5.63. The molecule has 0 radical (unpaired) electrons. The topological polar surface area (TPSA) is 40.2 Å². The van der Waals surface area contributed by atoms with Crippen LogP contribution < -0.4 is 18.9 Å². The van der Waals surface area contributed by atoms with E-state index in [1.54, 1.807) is 21.3 Å². The summed E-state index contributed by atoms with van der Waals surface area (Å²) in [6.07, 6.45) is 0.974. The van der Waals surface area contributed by atoms with Gasteiger partial charge < -0.3 is 18.9 Å². The third kappa shape index (κ3) is 5.12. The molecule has 0 unspecified atom stereocenters. The van der Waals surface area contributed by atoms with Crippen LogP contribution in [0.4, 0.5) is 0 Å². The van der Waals surface area contributed by atoms with Crippen molar-refractivity contribution in [3.05, 3.63) is 82.9 Å². The molecule has 0 aliphatic carbocycles. The zero-order valence-corrected chi connectivity index (χ0v) is 18.4. The van der Waals surface area contributed by atoms with Gasteiger partial charge in [0.2, 0.25) is 0 Å². The lowest BCUT2D eigenvalue weighted by molar-refractivity contribution is 0.241. The van der Waals surface area contributed by atoms with Crippen LogP contribution in [0.15, 0.2) is 60.7 Å². The first-order valence-corrected chi connectivity index (χ1v) is 10.5. The summed E-state index contributed by atoms with van der Waals surface area (Å²) in [5, 5.41) is 0. The molecule has 0 saturated heterocycles. The van der Waals surface area contributed by atoms with Gasteiger partial charge in [0.25, 0.3) is 0 Å². The van der Waals surface area contributed by atoms with E-state index in [0.717, 1.165) is 54.6 Å². The van der Waals surface area contributed by atoms with Crippen LogP contribution in [0.3, 0.4) is 0 Å². The largest absolute Gasteiger partial charge is 0.497 e. The lowest BCUT2D eigenvalue weighted by Gasteiger charge is -2.30. The van der Waals surface area contributed by atoms with E-state index >= 15 is 0 Å². The second-order valence-electron chi connectivity index (χ2n) is 7.73. The standard InChI is InChI=1S/C26H29NO4/c1-28-23-11-20(12-24(15-23)29-2)16-27-10-9-21-13-26(25(30-3)14-22(21)17-27)31-18-19-7-5-4-6-8-19/h4-8,11-15H,9-10,16-18H2,1-3H3. The Kier molecular flexibility index (Phi) is 6.63. The molecule has 5 heteroatoms. The van der Waals surface area contributed by atoms with Crippen LogP contribution in [-0.2, 0) is 26.1 Å². The van der Waals surface area contributed by atoms with Crippen LogP contribution in [0, 0.1) is 0 Å². The highest BCUT2D eigenvalue weighted by Gasteiger charge is 2.20. The second kappa shape index (κ2) is 9.75. The van der Waals surface area contributed by atoms with E-state index in [0.29, 0.717) is 6.61 Å². The van der Waals surface area contributed by atoms with Gasteiger partial charge in [-0.1, -0.05) is 30.3 Å². The first-order valence-electron chi connectivity index (χ1n) is 10.5. The molecule has 1 aliphatic heterocycles. The molecule has 0 amide bonds. The van der Waals surface area contributed by atoms with Gasteiger partial charge in [0, 0.05) is 25.7 Å². The molecule has 1 aliphatic rings. The number of benzene rings is 3. The van der Waals surface area contributed by atoms with Crippen LogP contribution in [0.2, 0.25) is 0 Å². The molecular formula is C26H29NO4. The minimum absolute atomic E-state index is 0.528. The molecule has 31 heavy (non-hydrogen) atoms. The Bertz CT molecular complexity index is 997. The summed E-state index contributed by atoms with van der Waals surface area (Å²) in [6.45, 7) is 3.21. The van der Waals surface area contributed by atoms with E-state index in [-0.39, 0.29) is 0 Å². The molecule has 162 valence electrons. The van der Waals surface area contributed by atoms with Crippen molar-refractivity contribution in [3.8, 4) is 23.0 Å². The zero-order chi connectivity index (χ0) is 21.6. The predicted molar refractivity (Wildman–Crippen MR) is 121 cm³/mol. The van der Waals surface area contributed by atoms with Crippen LogP contribution in [-0.4, -0.2) is 32.8 Å². The average Bonchev–Trinajstić information content (AvgIpc) is 2.82. The van der Waals surface area contributed by atoms with E-state index in [2.05, 4.69) is 41.3 Å². The Hall–Kier alpha value is -3.18. The van der Waals surface area contributed by atoms with Gasteiger partial charge in [-0.05, 0) is 52.9 Å². The Morgan fingerprint density at radius 2 is 1.45 bits per heavy atom. The number of nitrogens with zero attached hydrogens (tertiary/aromatic N) is 1. The Morgan fingerprint density at radius 3 is 2.13 bits per heavy atom. The SMILES string of the molecule is COc1cc(CN2CCc3cc(OCc4ccccc4)c(OC)cc3C2)cc(OC)c1. The Morgan fingerprint density at radius 1 is 0.742 bits per heavy atom. The number of ether oxygens (including phenoxy) is 4. The molecule has 0 N–H and O–H groups in total. The van der Waals surface area contributed by atoms with Crippen molar-refractivity contribution in [3.63, 3.8) is 0 Å². The highest BCUT2D eigenvalue weighted by Crippen LogP contribution is 2.34. The molecule has 0 aromatic heterocycles. The molecular weight excluding hydrogens is 390 g/mol. The van der Waals surface area contributed by atoms with E-state index in [9.17, 15) is 0 Å². The summed E-state index contributed by atoms with van der Waals surface area (Å²) >= 11 is 0. The Balaban J connectivity index is 1.48. The molecule has 1 heterocycles. The van der Waals surface area contributed by atoms with E-state index in [4.69, 9.17) is 18.9 Å². The van der Waals surface area contributed by atoms with Gasteiger partial charge in [-0.3, -0.25) is 4.90 Å². The van der Waals surface area contributed by atoms with Crippen LogP contribution in [0.5, 0.6) is 23.0 Å². The molecule has 0 bridgehead atoms. The van der Waals surface area contributed by atoms with Gasteiger partial charge in [-0.15, -0.1) is 0 Å². The van der Waals surface area contributed by atoms with Crippen molar-refractivity contribution in [1.82, 2.24) is 4.90 Å². The molecule has 3 aromatic rings. The van der Waals surface area contributed by atoms with Crippen LogP contribution in [0.1, 0.15) is 22.3 Å². The lowest BCUT2D eigenvalue weighted by atomic mass is 9.98. The van der Waals surface area contributed by atoms with Crippen LogP contribution >= 0.6 is 0 Å².